The number of anilines is 1. The molecule has 0 radical (unpaired) electrons. The fraction of sp³-hybridized carbons (Fsp3) is 0.143. The number of nitrogens with one attached hydrogen (secondary N) is 1. The number of methoxy groups -OCH3 is 1. The molecule has 0 aliphatic heterocycles. The molecule has 156 valence electrons. The van der Waals surface area contributed by atoms with Crippen LogP contribution in [0.15, 0.2) is 65.9 Å². The molecule has 0 atom stereocenters. The Morgan fingerprint density at radius 2 is 1.83 bits per heavy atom. The summed E-state index contributed by atoms with van der Waals surface area (Å²) in [5.74, 6) is 1.26. The van der Waals surface area contributed by atoms with Crippen molar-refractivity contribution in [1.82, 2.24) is 4.98 Å². The van der Waals surface area contributed by atoms with Crippen molar-refractivity contribution in [2.75, 3.05) is 12.5 Å². The van der Waals surface area contributed by atoms with Gasteiger partial charge in [-0.3, -0.25) is 5.43 Å². The summed E-state index contributed by atoms with van der Waals surface area (Å²) in [5, 5.41) is 4.64. The Balaban J connectivity index is 1.61. The van der Waals surface area contributed by atoms with Crippen LogP contribution >= 0.6 is 11.6 Å². The molecule has 0 spiro atoms. The Morgan fingerprint density at radius 3 is 2.47 bits per heavy atom. The van der Waals surface area contributed by atoms with Gasteiger partial charge in [-0.25, -0.2) is 4.98 Å². The second-order valence-corrected chi connectivity index (χ2v) is 6.56. The third-order valence-corrected chi connectivity index (χ3v) is 4.23. The lowest BCUT2D eigenvalue weighted by molar-refractivity contribution is -0.137. The molecule has 0 aliphatic rings. The van der Waals surface area contributed by atoms with Crippen LogP contribution in [0.1, 0.15) is 16.7 Å². The highest BCUT2D eigenvalue weighted by Gasteiger charge is 2.30. The molecule has 3 aromatic rings. The van der Waals surface area contributed by atoms with Crippen LogP contribution < -0.4 is 14.9 Å². The van der Waals surface area contributed by atoms with Gasteiger partial charge in [0, 0.05) is 11.2 Å². The summed E-state index contributed by atoms with van der Waals surface area (Å²) in [7, 11) is 1.52. The van der Waals surface area contributed by atoms with Gasteiger partial charge in [0.15, 0.2) is 11.5 Å². The Labute approximate surface area is 176 Å². The van der Waals surface area contributed by atoms with E-state index in [1.54, 1.807) is 30.3 Å². The first-order valence-corrected chi connectivity index (χ1v) is 9.10. The monoisotopic (exact) mass is 435 g/mol. The van der Waals surface area contributed by atoms with Crippen LogP contribution in [-0.4, -0.2) is 18.3 Å². The third kappa shape index (κ3) is 5.87. The lowest BCUT2D eigenvalue weighted by atomic mass is 10.2. The molecule has 0 saturated heterocycles. The van der Waals surface area contributed by atoms with Gasteiger partial charge in [-0.15, -0.1) is 0 Å². The Morgan fingerprint density at radius 1 is 1.07 bits per heavy atom. The van der Waals surface area contributed by atoms with E-state index in [1.807, 2.05) is 12.1 Å². The molecular weight excluding hydrogens is 419 g/mol. The smallest absolute Gasteiger partial charge is 0.417 e. The highest BCUT2D eigenvalue weighted by molar-refractivity contribution is 6.30. The van der Waals surface area contributed by atoms with Gasteiger partial charge < -0.3 is 9.47 Å². The fourth-order valence-electron chi connectivity index (χ4n) is 2.43. The van der Waals surface area contributed by atoms with E-state index >= 15 is 0 Å². The molecule has 0 unspecified atom stereocenters. The minimum absolute atomic E-state index is 0.189. The van der Waals surface area contributed by atoms with Crippen molar-refractivity contribution in [3.63, 3.8) is 0 Å². The molecule has 0 saturated carbocycles. The SMILES string of the molecule is COc1cc(/C=N\Nc2ccc(C(F)(F)F)cn2)ccc1OCc1ccc(Cl)cc1. The normalized spacial score (nSPS) is 11.5. The van der Waals surface area contributed by atoms with E-state index in [9.17, 15) is 13.2 Å². The molecule has 0 amide bonds. The van der Waals surface area contributed by atoms with E-state index in [1.165, 1.54) is 19.4 Å². The Kier molecular flexibility index (Phi) is 6.79. The summed E-state index contributed by atoms with van der Waals surface area (Å²) in [4.78, 5) is 3.68. The van der Waals surface area contributed by atoms with Crippen LogP contribution in [0.3, 0.4) is 0 Å². The number of benzene rings is 2. The molecule has 0 fully saturated rings. The fourth-order valence-corrected chi connectivity index (χ4v) is 2.55. The number of ether oxygens (including phenoxy) is 2. The van der Waals surface area contributed by atoms with Gasteiger partial charge in [0.1, 0.15) is 12.4 Å². The molecule has 30 heavy (non-hydrogen) atoms. The number of halogens is 4. The summed E-state index contributed by atoms with van der Waals surface area (Å²) >= 11 is 5.87. The number of hydrogen-bond donors (Lipinski definition) is 1. The maximum atomic E-state index is 12.5. The second kappa shape index (κ2) is 9.49. The zero-order valence-corrected chi connectivity index (χ0v) is 16.5. The standard InChI is InChI=1S/C21H17ClF3N3O2/c1-29-19-10-15(4-8-18(19)30-13-14-2-6-17(22)7-3-14)11-27-28-20-9-5-16(12-26-20)21(23,24)25/h2-12H,13H2,1H3,(H,26,28)/b27-11-. The first-order chi connectivity index (χ1) is 14.3. The van der Waals surface area contributed by atoms with Crippen molar-refractivity contribution in [2.24, 2.45) is 5.10 Å². The molecule has 3 rings (SSSR count). The number of hydrogen-bond acceptors (Lipinski definition) is 5. The van der Waals surface area contributed by atoms with Crippen molar-refractivity contribution >= 4 is 23.6 Å². The summed E-state index contributed by atoms with van der Waals surface area (Å²) in [6.45, 7) is 0.349. The van der Waals surface area contributed by atoms with Crippen molar-refractivity contribution in [3.8, 4) is 11.5 Å². The molecule has 1 N–H and O–H groups in total. The first kappa shape index (κ1) is 21.4. The van der Waals surface area contributed by atoms with Crippen LogP contribution in [0.25, 0.3) is 0 Å². The van der Waals surface area contributed by atoms with Gasteiger partial charge in [-0.1, -0.05) is 23.7 Å². The minimum atomic E-state index is -4.43. The number of aromatic nitrogens is 1. The van der Waals surface area contributed by atoms with Gasteiger partial charge in [-0.05, 0) is 53.6 Å². The Hall–Kier alpha value is -3.26. The third-order valence-electron chi connectivity index (χ3n) is 3.98. The lowest BCUT2D eigenvalue weighted by Gasteiger charge is -2.11. The van der Waals surface area contributed by atoms with E-state index in [-0.39, 0.29) is 5.82 Å². The summed E-state index contributed by atoms with van der Waals surface area (Å²) in [5.41, 5.74) is 3.42. The number of rotatable bonds is 7. The zero-order chi connectivity index (χ0) is 21.6. The van der Waals surface area contributed by atoms with Crippen LogP contribution in [0.4, 0.5) is 19.0 Å². The number of alkyl halides is 3. The second-order valence-electron chi connectivity index (χ2n) is 6.13. The van der Waals surface area contributed by atoms with Gasteiger partial charge in [-0.2, -0.15) is 18.3 Å². The molecule has 1 aromatic heterocycles. The average molecular weight is 436 g/mol. The molecule has 9 heteroatoms. The van der Waals surface area contributed by atoms with Crippen LogP contribution in [-0.2, 0) is 12.8 Å². The minimum Gasteiger partial charge on any atom is -0.493 e. The Bertz CT molecular complexity index is 1010. The van der Waals surface area contributed by atoms with Gasteiger partial charge in [0.05, 0.1) is 18.9 Å². The van der Waals surface area contributed by atoms with E-state index in [4.69, 9.17) is 21.1 Å². The summed E-state index contributed by atoms with van der Waals surface area (Å²) < 4.78 is 48.8. The number of nitrogens with zero attached hydrogens (tertiary/aromatic N) is 2. The molecule has 5 nitrogen and oxygen atoms in total. The topological polar surface area (TPSA) is 55.7 Å². The molecule has 0 aliphatic carbocycles. The van der Waals surface area contributed by atoms with Gasteiger partial charge >= 0.3 is 6.18 Å². The predicted molar refractivity (Wildman–Crippen MR) is 109 cm³/mol. The molecule has 1 heterocycles. The quantitative estimate of drug-likeness (QED) is 0.377. The van der Waals surface area contributed by atoms with Crippen LogP contribution in [0.2, 0.25) is 5.02 Å². The van der Waals surface area contributed by atoms with Crippen LogP contribution in [0.5, 0.6) is 11.5 Å². The van der Waals surface area contributed by atoms with E-state index in [2.05, 4.69) is 15.5 Å². The largest absolute Gasteiger partial charge is 0.493 e. The van der Waals surface area contributed by atoms with E-state index < -0.39 is 11.7 Å². The lowest BCUT2D eigenvalue weighted by Crippen LogP contribution is -2.05. The molecule has 2 aromatic carbocycles. The maximum absolute atomic E-state index is 12.5. The number of pyridine rings is 1. The van der Waals surface area contributed by atoms with E-state index in [0.29, 0.717) is 28.7 Å². The van der Waals surface area contributed by atoms with Crippen molar-refractivity contribution in [3.05, 3.63) is 82.5 Å². The first-order valence-electron chi connectivity index (χ1n) is 8.73. The summed E-state index contributed by atoms with van der Waals surface area (Å²) in [6, 6.07) is 14.7. The van der Waals surface area contributed by atoms with Gasteiger partial charge in [0.2, 0.25) is 0 Å². The van der Waals surface area contributed by atoms with E-state index in [0.717, 1.165) is 17.8 Å². The summed E-state index contributed by atoms with van der Waals surface area (Å²) in [6.07, 6.45) is -2.19. The maximum Gasteiger partial charge on any atom is 0.417 e. The number of hydrazone groups is 1. The van der Waals surface area contributed by atoms with Gasteiger partial charge in [0.25, 0.3) is 0 Å². The van der Waals surface area contributed by atoms with Crippen molar-refractivity contribution in [2.45, 2.75) is 12.8 Å². The highest BCUT2D eigenvalue weighted by atomic mass is 35.5. The predicted octanol–water partition coefficient (Wildman–Crippen LogP) is 5.79. The van der Waals surface area contributed by atoms with Crippen molar-refractivity contribution < 1.29 is 22.6 Å². The van der Waals surface area contributed by atoms with Crippen LogP contribution in [0, 0.1) is 0 Å². The average Bonchev–Trinajstić information content (AvgIpc) is 2.73. The zero-order valence-electron chi connectivity index (χ0n) is 15.8. The van der Waals surface area contributed by atoms with Crippen molar-refractivity contribution in [1.29, 1.82) is 0 Å². The molecule has 0 bridgehead atoms. The molecular formula is C21H17ClF3N3O2. The highest BCUT2D eigenvalue weighted by Crippen LogP contribution is 2.29.